The number of carbonyl (C=O) groups is 1. The minimum atomic E-state index is 0.250. The average Bonchev–Trinajstić information content (AvgIpc) is 3.25. The minimum absolute atomic E-state index is 0.250. The van der Waals surface area contributed by atoms with Crippen molar-refractivity contribution < 1.29 is 4.79 Å². The van der Waals surface area contributed by atoms with Crippen LogP contribution in [-0.4, -0.2) is 47.9 Å². The summed E-state index contributed by atoms with van der Waals surface area (Å²) >= 11 is 0. The molecular weight excluding hydrogens is 362 g/mol. The molecule has 154 valence electrons. The van der Waals surface area contributed by atoms with E-state index in [0.29, 0.717) is 12.5 Å². The van der Waals surface area contributed by atoms with Crippen LogP contribution in [-0.2, 0) is 11.3 Å². The fourth-order valence-electron chi connectivity index (χ4n) is 4.56. The topological polar surface area (TPSA) is 69.6 Å². The third-order valence-corrected chi connectivity index (χ3v) is 6.20. The Morgan fingerprint density at radius 1 is 1.17 bits per heavy atom. The summed E-state index contributed by atoms with van der Waals surface area (Å²) in [6.45, 7) is 2.30. The molecule has 2 aliphatic rings. The van der Waals surface area contributed by atoms with Gasteiger partial charge in [-0.1, -0.05) is 37.5 Å². The van der Waals surface area contributed by atoms with Gasteiger partial charge in [-0.15, -0.1) is 0 Å². The van der Waals surface area contributed by atoms with Gasteiger partial charge in [-0.25, -0.2) is 0 Å². The van der Waals surface area contributed by atoms with Crippen molar-refractivity contribution in [2.45, 2.75) is 51.1 Å². The van der Waals surface area contributed by atoms with E-state index >= 15 is 0 Å². The van der Waals surface area contributed by atoms with Gasteiger partial charge in [-0.05, 0) is 37.0 Å². The first-order chi connectivity index (χ1) is 14.2. The van der Waals surface area contributed by atoms with Gasteiger partial charge >= 0.3 is 0 Å². The molecule has 2 aromatic rings. The number of likely N-dealkylation sites (tertiary alicyclic amines) is 1. The number of pyridine rings is 1. The van der Waals surface area contributed by atoms with Crippen LogP contribution in [0.4, 0.5) is 0 Å². The summed E-state index contributed by atoms with van der Waals surface area (Å²) in [5.74, 6) is 1.39. The van der Waals surface area contributed by atoms with Crippen molar-refractivity contribution in [2.24, 2.45) is 10.9 Å². The molecule has 29 heavy (non-hydrogen) atoms. The van der Waals surface area contributed by atoms with Gasteiger partial charge in [0, 0.05) is 50.2 Å². The number of aromatic nitrogens is 1. The van der Waals surface area contributed by atoms with Crippen LogP contribution in [0.5, 0.6) is 0 Å². The summed E-state index contributed by atoms with van der Waals surface area (Å²) in [7, 11) is 1.79. The number of hydrogen-bond donors (Lipinski definition) is 2. The second-order valence-corrected chi connectivity index (χ2v) is 8.16. The van der Waals surface area contributed by atoms with Gasteiger partial charge in [0.25, 0.3) is 0 Å². The lowest BCUT2D eigenvalue weighted by molar-refractivity contribution is -0.135. The lowest BCUT2D eigenvalue weighted by Gasteiger charge is -2.26. The Kier molecular flexibility index (Phi) is 6.27. The van der Waals surface area contributed by atoms with Crippen LogP contribution >= 0.6 is 0 Å². The van der Waals surface area contributed by atoms with E-state index in [2.05, 4.69) is 31.6 Å². The molecule has 4 rings (SSSR count). The molecule has 6 heteroatoms. The third-order valence-electron chi connectivity index (χ3n) is 6.20. The van der Waals surface area contributed by atoms with Gasteiger partial charge in [0.2, 0.25) is 5.91 Å². The summed E-state index contributed by atoms with van der Waals surface area (Å²) in [6.07, 6.45) is 8.63. The van der Waals surface area contributed by atoms with E-state index in [9.17, 15) is 4.79 Å². The van der Waals surface area contributed by atoms with Crippen molar-refractivity contribution in [3.63, 3.8) is 0 Å². The molecule has 1 aliphatic carbocycles. The predicted molar refractivity (Wildman–Crippen MR) is 117 cm³/mol. The Hall–Kier alpha value is -2.63. The highest BCUT2D eigenvalue weighted by Crippen LogP contribution is 2.26. The SMILES string of the molecule is CN=C(NCc1ccnc2ccccc12)NC1CCN(C(=O)C2CCCCC2)C1. The number of nitrogens with one attached hydrogen (secondary N) is 2. The first-order valence-corrected chi connectivity index (χ1v) is 10.8. The van der Waals surface area contributed by atoms with Gasteiger partial charge in [-0.2, -0.15) is 0 Å². The quantitative estimate of drug-likeness (QED) is 0.619. The maximum absolute atomic E-state index is 12.8. The van der Waals surface area contributed by atoms with Crippen molar-refractivity contribution in [2.75, 3.05) is 20.1 Å². The molecule has 0 spiro atoms. The van der Waals surface area contributed by atoms with E-state index in [-0.39, 0.29) is 12.0 Å². The molecule has 1 aliphatic heterocycles. The number of nitrogens with zero attached hydrogens (tertiary/aromatic N) is 3. The third kappa shape index (κ3) is 4.69. The highest BCUT2D eigenvalue weighted by atomic mass is 16.2. The van der Waals surface area contributed by atoms with Crippen molar-refractivity contribution in [3.8, 4) is 0 Å². The van der Waals surface area contributed by atoms with Crippen molar-refractivity contribution >= 4 is 22.8 Å². The minimum Gasteiger partial charge on any atom is -0.352 e. The Morgan fingerprint density at radius 2 is 2.00 bits per heavy atom. The lowest BCUT2D eigenvalue weighted by Crippen LogP contribution is -2.45. The van der Waals surface area contributed by atoms with Gasteiger partial charge in [-0.3, -0.25) is 14.8 Å². The van der Waals surface area contributed by atoms with Gasteiger partial charge in [0.05, 0.1) is 5.52 Å². The number of rotatable bonds is 4. The maximum Gasteiger partial charge on any atom is 0.225 e. The first-order valence-electron chi connectivity index (χ1n) is 10.8. The number of benzene rings is 1. The molecule has 1 unspecified atom stereocenters. The normalized spacial score (nSPS) is 20.8. The zero-order valence-electron chi connectivity index (χ0n) is 17.2. The number of guanidine groups is 1. The number of carbonyl (C=O) groups excluding carboxylic acids is 1. The molecular formula is C23H31N5O. The zero-order valence-corrected chi connectivity index (χ0v) is 17.2. The smallest absolute Gasteiger partial charge is 0.225 e. The van der Waals surface area contributed by atoms with E-state index in [1.807, 2.05) is 30.5 Å². The van der Waals surface area contributed by atoms with Gasteiger partial charge in [0.15, 0.2) is 5.96 Å². The standard InChI is InChI=1S/C23H31N5O/c1-24-23(26-15-18-11-13-25-21-10-6-5-9-20(18)21)27-19-12-14-28(16-19)22(29)17-7-3-2-4-8-17/h5-6,9-11,13,17,19H,2-4,7-8,12,14-16H2,1H3,(H2,24,26,27). The number of amides is 1. The molecule has 1 aromatic carbocycles. The van der Waals surface area contributed by atoms with E-state index in [0.717, 1.165) is 49.2 Å². The highest BCUT2D eigenvalue weighted by molar-refractivity contribution is 5.84. The monoisotopic (exact) mass is 393 g/mol. The lowest BCUT2D eigenvalue weighted by atomic mass is 9.88. The molecule has 2 fully saturated rings. The average molecular weight is 394 g/mol. The fourth-order valence-corrected chi connectivity index (χ4v) is 4.56. The van der Waals surface area contributed by atoms with Crippen molar-refractivity contribution in [3.05, 3.63) is 42.1 Å². The van der Waals surface area contributed by atoms with Crippen LogP contribution in [0.25, 0.3) is 10.9 Å². The molecule has 1 amide bonds. The molecule has 1 atom stereocenters. The molecule has 1 aromatic heterocycles. The van der Waals surface area contributed by atoms with Gasteiger partial charge in [0.1, 0.15) is 0 Å². The van der Waals surface area contributed by atoms with Crippen LogP contribution < -0.4 is 10.6 Å². The van der Waals surface area contributed by atoms with Gasteiger partial charge < -0.3 is 15.5 Å². The number of aliphatic imine (C=N–C) groups is 1. The molecule has 1 saturated carbocycles. The number of hydrogen-bond acceptors (Lipinski definition) is 3. The Balaban J connectivity index is 1.31. The van der Waals surface area contributed by atoms with Crippen molar-refractivity contribution in [1.29, 1.82) is 0 Å². The molecule has 0 bridgehead atoms. The summed E-state index contributed by atoms with van der Waals surface area (Å²) in [6, 6.07) is 10.5. The predicted octanol–water partition coefficient (Wildman–Crippen LogP) is 3.08. The fraction of sp³-hybridized carbons (Fsp3) is 0.522. The van der Waals surface area contributed by atoms with E-state index in [1.54, 1.807) is 7.05 Å². The van der Waals surface area contributed by atoms with Crippen LogP contribution in [0, 0.1) is 5.92 Å². The largest absolute Gasteiger partial charge is 0.352 e. The van der Waals surface area contributed by atoms with Crippen LogP contribution in [0.3, 0.4) is 0 Å². The molecule has 2 N–H and O–H groups in total. The summed E-state index contributed by atoms with van der Waals surface area (Å²) in [5, 5.41) is 8.08. The second-order valence-electron chi connectivity index (χ2n) is 8.16. The number of fused-ring (bicyclic) bond motifs is 1. The molecule has 6 nitrogen and oxygen atoms in total. The first kappa shape index (κ1) is 19.7. The van der Waals surface area contributed by atoms with E-state index in [4.69, 9.17) is 0 Å². The Morgan fingerprint density at radius 3 is 2.83 bits per heavy atom. The Labute approximate surface area is 172 Å². The van der Waals surface area contributed by atoms with Crippen LogP contribution in [0.2, 0.25) is 0 Å². The summed E-state index contributed by atoms with van der Waals surface area (Å²) < 4.78 is 0. The summed E-state index contributed by atoms with van der Waals surface area (Å²) in [4.78, 5) is 23.6. The molecule has 1 saturated heterocycles. The van der Waals surface area contributed by atoms with Crippen LogP contribution in [0.15, 0.2) is 41.5 Å². The van der Waals surface area contributed by atoms with Crippen molar-refractivity contribution in [1.82, 2.24) is 20.5 Å². The Bertz CT molecular complexity index is 869. The van der Waals surface area contributed by atoms with E-state index < -0.39 is 0 Å². The molecule has 0 radical (unpaired) electrons. The number of para-hydroxylation sites is 1. The highest BCUT2D eigenvalue weighted by Gasteiger charge is 2.31. The second kappa shape index (κ2) is 9.25. The molecule has 2 heterocycles. The maximum atomic E-state index is 12.8. The zero-order chi connectivity index (χ0) is 20.1. The van der Waals surface area contributed by atoms with Crippen LogP contribution in [0.1, 0.15) is 44.1 Å². The summed E-state index contributed by atoms with van der Waals surface area (Å²) in [5.41, 5.74) is 2.20. The van der Waals surface area contributed by atoms with E-state index in [1.165, 1.54) is 24.8 Å².